The van der Waals surface area contributed by atoms with Crippen LogP contribution in [0.15, 0.2) is 36.7 Å². The fourth-order valence-corrected chi connectivity index (χ4v) is 3.65. The lowest BCUT2D eigenvalue weighted by atomic mass is 9.90. The number of carbonyl (C=O) groups is 1. The Bertz CT molecular complexity index is 747. The van der Waals surface area contributed by atoms with Gasteiger partial charge in [0.1, 0.15) is 0 Å². The van der Waals surface area contributed by atoms with Crippen molar-refractivity contribution < 1.29 is 4.79 Å². The van der Waals surface area contributed by atoms with Gasteiger partial charge in [-0.3, -0.25) is 9.48 Å². The fraction of sp³-hybridized carbons (Fsp3) is 0.500. The van der Waals surface area contributed by atoms with E-state index in [0.717, 1.165) is 12.1 Å². The summed E-state index contributed by atoms with van der Waals surface area (Å²) in [7, 11) is 6.00. The Labute approximate surface area is 179 Å². The highest BCUT2D eigenvalue weighted by Gasteiger charge is 2.34. The van der Waals surface area contributed by atoms with E-state index in [1.807, 2.05) is 33.5 Å². The van der Waals surface area contributed by atoms with Gasteiger partial charge in [0.25, 0.3) is 0 Å². The first-order valence-corrected chi connectivity index (χ1v) is 9.15. The second kappa shape index (κ2) is 10.8. The van der Waals surface area contributed by atoms with Crippen LogP contribution < -0.4 is 10.6 Å². The molecular formula is C20H31Cl2N5O. The molecule has 156 valence electrons. The van der Waals surface area contributed by atoms with Crippen LogP contribution in [-0.4, -0.2) is 54.3 Å². The molecular weight excluding hydrogens is 397 g/mol. The number of aryl methyl sites for hydroxylation is 2. The standard InChI is InChI=1S/C20H29N5O.2ClH/c1-14-5-7-15(8-6-14)19(24(2)3)12-22-20(26)18-11-21-10-17(18)16-9-23-25(4)13-16;;/h5-9,13,17-19,21H,10-12H2,1-4H3,(H,22,26);2*1H/t17-,18+,19?;;/m1../s1. The number of likely N-dealkylation sites (N-methyl/N-ethyl adjacent to an activating group) is 1. The van der Waals surface area contributed by atoms with Gasteiger partial charge in [0.15, 0.2) is 0 Å². The van der Waals surface area contributed by atoms with Crippen molar-refractivity contribution in [1.29, 1.82) is 0 Å². The Morgan fingerprint density at radius 3 is 2.54 bits per heavy atom. The van der Waals surface area contributed by atoms with E-state index in [4.69, 9.17) is 0 Å². The zero-order chi connectivity index (χ0) is 18.7. The van der Waals surface area contributed by atoms with Crippen molar-refractivity contribution in [2.45, 2.75) is 18.9 Å². The first kappa shape index (κ1) is 24.4. The molecule has 1 unspecified atom stereocenters. The summed E-state index contributed by atoms with van der Waals surface area (Å²) < 4.78 is 1.79. The molecule has 8 heteroatoms. The summed E-state index contributed by atoms with van der Waals surface area (Å²) in [6.45, 7) is 4.22. The molecule has 1 aliphatic rings. The number of nitrogens with one attached hydrogen (secondary N) is 2. The lowest BCUT2D eigenvalue weighted by molar-refractivity contribution is -0.125. The molecule has 1 aromatic carbocycles. The smallest absolute Gasteiger partial charge is 0.225 e. The maximum Gasteiger partial charge on any atom is 0.225 e. The lowest BCUT2D eigenvalue weighted by Gasteiger charge is -2.26. The topological polar surface area (TPSA) is 62.2 Å². The number of carbonyl (C=O) groups excluding carboxylic acids is 1. The molecule has 2 heterocycles. The molecule has 1 aromatic heterocycles. The van der Waals surface area contributed by atoms with Gasteiger partial charge in [-0.2, -0.15) is 5.10 Å². The average Bonchev–Trinajstić information content (AvgIpc) is 3.24. The molecule has 0 aliphatic carbocycles. The number of rotatable bonds is 6. The van der Waals surface area contributed by atoms with Gasteiger partial charge in [0, 0.05) is 38.8 Å². The number of nitrogens with zero attached hydrogens (tertiary/aromatic N) is 3. The molecule has 1 amide bonds. The van der Waals surface area contributed by atoms with Crippen molar-refractivity contribution in [3.63, 3.8) is 0 Å². The first-order valence-electron chi connectivity index (χ1n) is 9.15. The van der Waals surface area contributed by atoms with E-state index in [1.54, 1.807) is 4.68 Å². The Hall–Kier alpha value is -1.60. The van der Waals surface area contributed by atoms with E-state index in [9.17, 15) is 4.79 Å². The Balaban J connectivity index is 0.00000196. The van der Waals surface area contributed by atoms with Crippen molar-refractivity contribution in [2.75, 3.05) is 33.7 Å². The van der Waals surface area contributed by atoms with Crippen LogP contribution in [0.25, 0.3) is 0 Å². The minimum atomic E-state index is -0.0555. The van der Waals surface area contributed by atoms with Crippen molar-refractivity contribution in [3.8, 4) is 0 Å². The van der Waals surface area contributed by atoms with Gasteiger partial charge in [-0.1, -0.05) is 29.8 Å². The van der Waals surface area contributed by atoms with E-state index in [2.05, 4.69) is 51.8 Å². The summed E-state index contributed by atoms with van der Waals surface area (Å²) in [5.74, 6) is 0.240. The maximum atomic E-state index is 12.9. The molecule has 1 aliphatic heterocycles. The zero-order valence-corrected chi connectivity index (χ0v) is 18.5. The van der Waals surface area contributed by atoms with Gasteiger partial charge in [-0.25, -0.2) is 0 Å². The van der Waals surface area contributed by atoms with Crippen LogP contribution in [0.3, 0.4) is 0 Å². The molecule has 6 nitrogen and oxygen atoms in total. The molecule has 1 saturated heterocycles. The average molecular weight is 428 g/mol. The second-order valence-electron chi connectivity index (χ2n) is 7.45. The lowest BCUT2D eigenvalue weighted by Crippen LogP contribution is -2.39. The van der Waals surface area contributed by atoms with Crippen LogP contribution in [0.1, 0.15) is 28.7 Å². The number of halogens is 2. The number of hydrogen-bond donors (Lipinski definition) is 2. The van der Waals surface area contributed by atoms with Gasteiger partial charge in [-0.05, 0) is 32.1 Å². The van der Waals surface area contributed by atoms with Crippen molar-refractivity contribution in [2.24, 2.45) is 13.0 Å². The minimum Gasteiger partial charge on any atom is -0.354 e. The molecule has 0 bridgehead atoms. The summed E-state index contributed by atoms with van der Waals surface area (Å²) in [6.07, 6.45) is 3.87. The van der Waals surface area contributed by atoms with Crippen molar-refractivity contribution in [1.82, 2.24) is 25.3 Å². The third-order valence-corrected chi connectivity index (χ3v) is 5.26. The van der Waals surface area contributed by atoms with Crippen LogP contribution in [-0.2, 0) is 11.8 Å². The van der Waals surface area contributed by atoms with Gasteiger partial charge in [0.2, 0.25) is 5.91 Å². The molecule has 1 fully saturated rings. The van der Waals surface area contributed by atoms with E-state index in [0.29, 0.717) is 13.1 Å². The first-order chi connectivity index (χ1) is 12.5. The predicted octanol–water partition coefficient (Wildman–Crippen LogP) is 2.29. The number of benzene rings is 1. The largest absolute Gasteiger partial charge is 0.354 e. The van der Waals surface area contributed by atoms with Gasteiger partial charge < -0.3 is 15.5 Å². The highest BCUT2D eigenvalue weighted by Crippen LogP contribution is 2.28. The maximum absolute atomic E-state index is 12.9. The van der Waals surface area contributed by atoms with Crippen molar-refractivity contribution in [3.05, 3.63) is 53.3 Å². The molecule has 2 aromatic rings. The van der Waals surface area contributed by atoms with Crippen LogP contribution in [0.5, 0.6) is 0 Å². The molecule has 28 heavy (non-hydrogen) atoms. The second-order valence-corrected chi connectivity index (χ2v) is 7.45. The molecule has 0 radical (unpaired) electrons. The van der Waals surface area contributed by atoms with Crippen LogP contribution >= 0.6 is 24.8 Å². The Morgan fingerprint density at radius 1 is 1.29 bits per heavy atom. The highest BCUT2D eigenvalue weighted by atomic mass is 35.5. The number of aromatic nitrogens is 2. The van der Waals surface area contributed by atoms with Crippen LogP contribution in [0.2, 0.25) is 0 Å². The van der Waals surface area contributed by atoms with Gasteiger partial charge in [-0.15, -0.1) is 24.8 Å². The molecule has 0 saturated carbocycles. The molecule has 0 spiro atoms. The van der Waals surface area contributed by atoms with E-state index >= 15 is 0 Å². The number of amides is 1. The van der Waals surface area contributed by atoms with Gasteiger partial charge >= 0.3 is 0 Å². The Kier molecular flexibility index (Phi) is 9.44. The van der Waals surface area contributed by atoms with E-state index < -0.39 is 0 Å². The summed E-state index contributed by atoms with van der Waals surface area (Å²) in [5.41, 5.74) is 3.58. The summed E-state index contributed by atoms with van der Waals surface area (Å²) >= 11 is 0. The summed E-state index contributed by atoms with van der Waals surface area (Å²) in [4.78, 5) is 15.0. The molecule has 2 N–H and O–H groups in total. The minimum absolute atomic E-state index is 0. The fourth-order valence-electron chi connectivity index (χ4n) is 3.65. The van der Waals surface area contributed by atoms with E-state index in [1.165, 1.54) is 11.1 Å². The SMILES string of the molecule is Cc1ccc(C(CNC(=O)[C@H]2CNC[C@@H]2c2cnn(C)c2)N(C)C)cc1.Cl.Cl. The molecule has 3 rings (SSSR count). The van der Waals surface area contributed by atoms with Crippen molar-refractivity contribution >= 4 is 30.7 Å². The van der Waals surface area contributed by atoms with E-state index in [-0.39, 0.29) is 48.6 Å². The molecule has 3 atom stereocenters. The van der Waals surface area contributed by atoms with Crippen LogP contribution in [0.4, 0.5) is 0 Å². The summed E-state index contributed by atoms with van der Waals surface area (Å²) in [6, 6.07) is 8.68. The third kappa shape index (κ3) is 5.70. The normalized spacial score (nSPS) is 19.6. The predicted molar refractivity (Wildman–Crippen MR) is 117 cm³/mol. The highest BCUT2D eigenvalue weighted by molar-refractivity contribution is 5.85. The zero-order valence-electron chi connectivity index (χ0n) is 16.9. The Morgan fingerprint density at radius 2 is 1.96 bits per heavy atom. The third-order valence-electron chi connectivity index (χ3n) is 5.26. The number of hydrogen-bond acceptors (Lipinski definition) is 4. The van der Waals surface area contributed by atoms with Crippen LogP contribution in [0, 0.1) is 12.8 Å². The van der Waals surface area contributed by atoms with Gasteiger partial charge in [0.05, 0.1) is 18.2 Å². The summed E-state index contributed by atoms with van der Waals surface area (Å²) in [5, 5.41) is 10.8. The quantitative estimate of drug-likeness (QED) is 0.742. The monoisotopic (exact) mass is 427 g/mol.